The van der Waals surface area contributed by atoms with Crippen LogP contribution in [0.25, 0.3) is 21.3 Å². The van der Waals surface area contributed by atoms with E-state index in [1.165, 1.54) is 18.4 Å². The zero-order valence-electron chi connectivity index (χ0n) is 13.9. The zero-order chi connectivity index (χ0) is 18.0. The zero-order valence-corrected chi connectivity index (χ0v) is 16.3. The van der Waals surface area contributed by atoms with Gasteiger partial charge in [-0.1, -0.05) is 28.1 Å². The lowest BCUT2D eigenvalue weighted by atomic mass is 10.1. The van der Waals surface area contributed by atoms with Crippen molar-refractivity contribution >= 4 is 43.5 Å². The number of hydrogen-bond acceptors (Lipinski definition) is 5. The predicted molar refractivity (Wildman–Crippen MR) is 103 cm³/mol. The maximum atomic E-state index is 13.0. The van der Waals surface area contributed by atoms with Crippen molar-refractivity contribution in [3.05, 3.63) is 50.3 Å². The summed E-state index contributed by atoms with van der Waals surface area (Å²) in [6.45, 7) is 2.26. The van der Waals surface area contributed by atoms with Crippen molar-refractivity contribution < 1.29 is 9.53 Å². The Kier molecular flexibility index (Phi) is 5.34. The lowest BCUT2D eigenvalue weighted by Crippen LogP contribution is -2.24. The molecule has 0 saturated carbocycles. The average Bonchev–Trinajstić information content (AvgIpc) is 3.02. The van der Waals surface area contributed by atoms with E-state index in [9.17, 15) is 9.59 Å². The van der Waals surface area contributed by atoms with Crippen molar-refractivity contribution in [1.82, 2.24) is 9.55 Å². The van der Waals surface area contributed by atoms with E-state index >= 15 is 0 Å². The van der Waals surface area contributed by atoms with Crippen LogP contribution < -0.4 is 5.56 Å². The number of carbonyl (C=O) groups excluding carboxylic acids is 1. The number of rotatable bonds is 5. The molecule has 0 bridgehead atoms. The quantitative estimate of drug-likeness (QED) is 0.581. The maximum absolute atomic E-state index is 13.0. The molecule has 0 aliphatic carbocycles. The Morgan fingerprint density at radius 2 is 2.04 bits per heavy atom. The Bertz CT molecular complexity index is 976. The fourth-order valence-corrected chi connectivity index (χ4v) is 3.96. The van der Waals surface area contributed by atoms with Gasteiger partial charge in [0.2, 0.25) is 0 Å². The molecule has 3 rings (SSSR count). The normalized spacial score (nSPS) is 11.0. The van der Waals surface area contributed by atoms with Gasteiger partial charge in [-0.05, 0) is 31.0 Å². The first-order valence-corrected chi connectivity index (χ1v) is 9.50. The number of aryl methyl sites for hydroxylation is 1. The SMILES string of the molecule is COC(=O)CCCn1c(C)nc2scc(-c3ccc(Br)cc3)c2c1=O. The largest absolute Gasteiger partial charge is 0.469 e. The summed E-state index contributed by atoms with van der Waals surface area (Å²) in [5, 5.41) is 2.61. The third-order valence-corrected chi connectivity index (χ3v) is 5.43. The predicted octanol–water partition coefficient (Wildman–Crippen LogP) is 4.15. The van der Waals surface area contributed by atoms with Crippen molar-refractivity contribution in [2.75, 3.05) is 7.11 Å². The second-order valence-corrected chi connectivity index (χ2v) is 7.41. The lowest BCUT2D eigenvalue weighted by molar-refractivity contribution is -0.140. The molecule has 0 aliphatic rings. The number of hydrogen-bond donors (Lipinski definition) is 0. The molecule has 25 heavy (non-hydrogen) atoms. The van der Waals surface area contributed by atoms with Crippen LogP contribution in [-0.4, -0.2) is 22.6 Å². The molecule has 0 saturated heterocycles. The highest BCUT2D eigenvalue weighted by Crippen LogP contribution is 2.31. The highest BCUT2D eigenvalue weighted by molar-refractivity contribution is 9.10. The molecule has 0 fully saturated rings. The van der Waals surface area contributed by atoms with Gasteiger partial charge in [-0.25, -0.2) is 4.98 Å². The van der Waals surface area contributed by atoms with Crippen molar-refractivity contribution in [2.24, 2.45) is 0 Å². The number of methoxy groups -OCH3 is 1. The highest BCUT2D eigenvalue weighted by Gasteiger charge is 2.15. The third kappa shape index (κ3) is 3.67. The van der Waals surface area contributed by atoms with E-state index in [1.807, 2.05) is 36.6 Å². The molecule has 0 N–H and O–H groups in total. The second-order valence-electron chi connectivity index (χ2n) is 5.63. The summed E-state index contributed by atoms with van der Waals surface area (Å²) < 4.78 is 7.28. The van der Waals surface area contributed by atoms with E-state index < -0.39 is 0 Å². The Hall–Kier alpha value is -1.99. The van der Waals surface area contributed by atoms with Gasteiger partial charge in [0.25, 0.3) is 5.56 Å². The molecular weight excluding hydrogens is 404 g/mol. The maximum Gasteiger partial charge on any atom is 0.305 e. The monoisotopic (exact) mass is 420 g/mol. The fourth-order valence-electron chi connectivity index (χ4n) is 2.71. The van der Waals surface area contributed by atoms with Crippen LogP contribution in [0.15, 0.2) is 38.9 Å². The van der Waals surface area contributed by atoms with E-state index in [2.05, 4.69) is 25.7 Å². The minimum absolute atomic E-state index is 0.0634. The molecule has 0 radical (unpaired) electrons. The van der Waals surface area contributed by atoms with Gasteiger partial charge < -0.3 is 4.74 Å². The van der Waals surface area contributed by atoms with Crippen LogP contribution in [0.5, 0.6) is 0 Å². The molecule has 130 valence electrons. The first-order valence-electron chi connectivity index (χ1n) is 7.82. The molecular formula is C18H17BrN2O3S. The summed E-state index contributed by atoms with van der Waals surface area (Å²) in [6, 6.07) is 7.86. The van der Waals surface area contributed by atoms with Gasteiger partial charge in [-0.2, -0.15) is 0 Å². The number of ether oxygens (including phenoxy) is 1. The molecule has 0 amide bonds. The van der Waals surface area contributed by atoms with Crippen molar-refractivity contribution in [1.29, 1.82) is 0 Å². The van der Waals surface area contributed by atoms with Crippen LogP contribution in [0.1, 0.15) is 18.7 Å². The summed E-state index contributed by atoms with van der Waals surface area (Å²) in [6.07, 6.45) is 0.821. The minimum atomic E-state index is -0.272. The van der Waals surface area contributed by atoms with Crippen molar-refractivity contribution in [2.45, 2.75) is 26.3 Å². The van der Waals surface area contributed by atoms with Gasteiger partial charge in [-0.3, -0.25) is 14.2 Å². The molecule has 1 aromatic carbocycles. The van der Waals surface area contributed by atoms with Crippen LogP contribution in [0, 0.1) is 6.92 Å². The molecule has 0 spiro atoms. The van der Waals surface area contributed by atoms with Gasteiger partial charge >= 0.3 is 5.97 Å². The first-order chi connectivity index (χ1) is 12.0. The lowest BCUT2D eigenvalue weighted by Gasteiger charge is -2.09. The molecule has 0 atom stereocenters. The Balaban J connectivity index is 2.02. The summed E-state index contributed by atoms with van der Waals surface area (Å²) in [5.74, 6) is 0.386. The van der Waals surface area contributed by atoms with Crippen molar-refractivity contribution in [3.63, 3.8) is 0 Å². The van der Waals surface area contributed by atoms with Crippen LogP contribution in [-0.2, 0) is 16.1 Å². The van der Waals surface area contributed by atoms with E-state index in [-0.39, 0.29) is 17.9 Å². The molecule has 0 unspecified atom stereocenters. The molecule has 2 aromatic heterocycles. The second kappa shape index (κ2) is 7.49. The number of halogens is 1. The first kappa shape index (κ1) is 17.8. The fraction of sp³-hybridized carbons (Fsp3) is 0.278. The van der Waals surface area contributed by atoms with Gasteiger partial charge in [0, 0.05) is 28.4 Å². The van der Waals surface area contributed by atoms with E-state index in [0.717, 1.165) is 20.4 Å². The van der Waals surface area contributed by atoms with Gasteiger partial charge in [0.05, 0.1) is 12.5 Å². The van der Waals surface area contributed by atoms with Crippen LogP contribution >= 0.6 is 27.3 Å². The number of fused-ring (bicyclic) bond motifs is 1. The van der Waals surface area contributed by atoms with Gasteiger partial charge in [0.1, 0.15) is 10.7 Å². The summed E-state index contributed by atoms with van der Waals surface area (Å²) in [5.41, 5.74) is 1.82. The summed E-state index contributed by atoms with van der Waals surface area (Å²) in [4.78, 5) is 29.6. The highest BCUT2D eigenvalue weighted by atomic mass is 79.9. The summed E-state index contributed by atoms with van der Waals surface area (Å²) in [7, 11) is 1.36. The Labute approximate surface area is 157 Å². The smallest absolute Gasteiger partial charge is 0.305 e. The number of benzene rings is 1. The van der Waals surface area contributed by atoms with Gasteiger partial charge in [-0.15, -0.1) is 11.3 Å². The van der Waals surface area contributed by atoms with Gasteiger partial charge in [0.15, 0.2) is 0 Å². The van der Waals surface area contributed by atoms with E-state index in [1.54, 1.807) is 4.57 Å². The number of esters is 1. The molecule has 2 heterocycles. The molecule has 7 heteroatoms. The molecule has 5 nitrogen and oxygen atoms in total. The average molecular weight is 421 g/mol. The van der Waals surface area contributed by atoms with Crippen molar-refractivity contribution in [3.8, 4) is 11.1 Å². The standard InChI is InChI=1S/C18H17BrN2O3S/c1-11-20-17-16(18(23)21(11)9-3-4-15(22)24-2)14(10-25-17)12-5-7-13(19)8-6-12/h5-8,10H,3-4,9H2,1-2H3. The van der Waals surface area contributed by atoms with Crippen LogP contribution in [0.4, 0.5) is 0 Å². The van der Waals surface area contributed by atoms with E-state index in [4.69, 9.17) is 0 Å². The topological polar surface area (TPSA) is 61.2 Å². The van der Waals surface area contributed by atoms with Crippen LogP contribution in [0.3, 0.4) is 0 Å². The number of thiophene rings is 1. The number of nitrogens with zero attached hydrogens (tertiary/aromatic N) is 2. The minimum Gasteiger partial charge on any atom is -0.469 e. The van der Waals surface area contributed by atoms with E-state index in [0.29, 0.717) is 24.2 Å². The Morgan fingerprint density at radius 1 is 1.32 bits per heavy atom. The summed E-state index contributed by atoms with van der Waals surface area (Å²) >= 11 is 4.90. The molecule has 0 aliphatic heterocycles. The van der Waals surface area contributed by atoms with Crippen LogP contribution in [0.2, 0.25) is 0 Å². The Morgan fingerprint density at radius 3 is 2.72 bits per heavy atom. The number of aromatic nitrogens is 2. The third-order valence-electron chi connectivity index (χ3n) is 4.03. The molecule has 3 aromatic rings. The number of carbonyl (C=O) groups is 1.